The highest BCUT2D eigenvalue weighted by Gasteiger charge is 2.33. The smallest absolute Gasteiger partial charge is 0.226 e. The highest BCUT2D eigenvalue weighted by Crippen LogP contribution is 2.40. The van der Waals surface area contributed by atoms with E-state index in [-0.39, 0.29) is 11.8 Å². The molecule has 1 aliphatic rings. The van der Waals surface area contributed by atoms with Crippen molar-refractivity contribution >= 4 is 34.5 Å². The van der Waals surface area contributed by atoms with E-state index in [1.807, 2.05) is 55.5 Å². The van der Waals surface area contributed by atoms with Gasteiger partial charge in [0.1, 0.15) is 30.0 Å². The quantitative estimate of drug-likeness (QED) is 0.377. The van der Waals surface area contributed by atoms with Gasteiger partial charge in [-0.3, -0.25) is 4.79 Å². The molecule has 5 aromatic rings. The third-order valence-electron chi connectivity index (χ3n) is 6.14. The summed E-state index contributed by atoms with van der Waals surface area (Å²) in [6.45, 7) is 2.31. The second kappa shape index (κ2) is 8.52. The Labute approximate surface area is 205 Å². The number of aromatic amines is 1. The van der Waals surface area contributed by atoms with E-state index in [1.54, 1.807) is 11.0 Å². The fourth-order valence-corrected chi connectivity index (χ4v) is 4.66. The summed E-state index contributed by atoms with van der Waals surface area (Å²) in [5, 5.41) is 8.38. The van der Waals surface area contributed by atoms with Crippen molar-refractivity contribution in [3.63, 3.8) is 0 Å². The molecule has 0 saturated carbocycles. The zero-order valence-corrected chi connectivity index (χ0v) is 19.5. The Morgan fingerprint density at radius 3 is 2.77 bits per heavy atom. The predicted octanol–water partition coefficient (Wildman–Crippen LogP) is 4.55. The molecule has 2 N–H and O–H groups in total. The molecule has 10 heteroatoms. The van der Waals surface area contributed by atoms with Gasteiger partial charge in [-0.05, 0) is 30.7 Å². The number of benzene rings is 2. The van der Waals surface area contributed by atoms with E-state index < -0.39 is 0 Å². The molecule has 0 aliphatic carbocycles. The molecule has 35 heavy (non-hydrogen) atoms. The van der Waals surface area contributed by atoms with Gasteiger partial charge >= 0.3 is 0 Å². The van der Waals surface area contributed by atoms with Crippen LogP contribution >= 0.6 is 11.6 Å². The molecule has 1 amide bonds. The average Bonchev–Trinajstić information content (AvgIpc) is 3.48. The largest absolute Gasteiger partial charge is 0.489 e. The van der Waals surface area contributed by atoms with Gasteiger partial charge in [-0.25, -0.2) is 15.0 Å². The zero-order chi connectivity index (χ0) is 23.9. The number of nitrogens with one attached hydrogen (secondary N) is 2. The molecule has 0 saturated heterocycles. The van der Waals surface area contributed by atoms with Crippen LogP contribution in [-0.2, 0) is 11.4 Å². The van der Waals surface area contributed by atoms with Crippen molar-refractivity contribution < 1.29 is 9.53 Å². The van der Waals surface area contributed by atoms with Gasteiger partial charge in [0.25, 0.3) is 0 Å². The lowest BCUT2D eigenvalue weighted by molar-refractivity contribution is -0.116. The first kappa shape index (κ1) is 21.3. The summed E-state index contributed by atoms with van der Waals surface area (Å²) in [4.78, 5) is 28.6. The molecule has 1 aliphatic heterocycles. The number of hydrogen-bond acceptors (Lipinski definition) is 6. The Balaban J connectivity index is 1.32. The number of ether oxygens (including phenoxy) is 1. The fourth-order valence-electron chi connectivity index (χ4n) is 4.47. The predicted molar refractivity (Wildman–Crippen MR) is 131 cm³/mol. The Morgan fingerprint density at radius 1 is 1.11 bits per heavy atom. The summed E-state index contributed by atoms with van der Waals surface area (Å²) in [6, 6.07) is 15.4. The van der Waals surface area contributed by atoms with Gasteiger partial charge in [-0.15, -0.1) is 0 Å². The second-order valence-electron chi connectivity index (χ2n) is 8.31. The van der Waals surface area contributed by atoms with Crippen molar-refractivity contribution in [1.29, 1.82) is 0 Å². The second-order valence-corrected chi connectivity index (χ2v) is 8.72. The van der Waals surface area contributed by atoms with Gasteiger partial charge in [0.05, 0.1) is 12.0 Å². The summed E-state index contributed by atoms with van der Waals surface area (Å²) in [6.07, 6.45) is 3.32. The first-order valence-corrected chi connectivity index (χ1v) is 11.5. The number of imidazole rings is 1. The van der Waals surface area contributed by atoms with Crippen LogP contribution in [0.2, 0.25) is 5.02 Å². The van der Waals surface area contributed by atoms with Crippen LogP contribution in [0.4, 0.5) is 5.82 Å². The lowest BCUT2D eigenvalue weighted by atomic mass is 9.86. The van der Waals surface area contributed by atoms with Crippen LogP contribution in [0, 0.1) is 6.92 Å². The molecule has 174 valence electrons. The Hall–Kier alpha value is -4.24. The maximum absolute atomic E-state index is 12.7. The number of nitrogens with zero attached hydrogens (tertiary/aromatic N) is 5. The zero-order valence-electron chi connectivity index (χ0n) is 18.7. The number of amides is 1. The maximum Gasteiger partial charge on any atom is 0.226 e. The summed E-state index contributed by atoms with van der Waals surface area (Å²) in [5.41, 5.74) is 4.88. The van der Waals surface area contributed by atoms with E-state index in [1.165, 1.54) is 6.33 Å². The molecule has 2 aromatic carbocycles. The number of H-pyrrole nitrogens is 1. The molecule has 0 fully saturated rings. The number of carbonyl (C=O) groups is 1. The van der Waals surface area contributed by atoms with E-state index in [4.69, 9.17) is 21.4 Å². The number of aromatic nitrogens is 6. The van der Waals surface area contributed by atoms with Crippen molar-refractivity contribution in [2.45, 2.75) is 25.9 Å². The van der Waals surface area contributed by atoms with Crippen LogP contribution in [0.15, 0.2) is 61.2 Å². The van der Waals surface area contributed by atoms with Gasteiger partial charge in [0.2, 0.25) is 5.91 Å². The minimum Gasteiger partial charge on any atom is -0.489 e. The number of hydrogen-bond donors (Lipinski definition) is 2. The van der Waals surface area contributed by atoms with Crippen molar-refractivity contribution in [3.05, 3.63) is 88.6 Å². The number of carbonyl (C=O) groups excluding carboxylic acids is 1. The normalized spacial score (nSPS) is 15.1. The van der Waals surface area contributed by atoms with Crippen LogP contribution in [-0.4, -0.2) is 35.6 Å². The van der Waals surface area contributed by atoms with E-state index >= 15 is 0 Å². The minimum atomic E-state index is -0.149. The number of fused-ring (bicyclic) bond motifs is 2. The van der Waals surface area contributed by atoms with E-state index in [2.05, 4.69) is 25.3 Å². The Kier molecular flexibility index (Phi) is 5.18. The molecule has 1 atom stereocenters. The van der Waals surface area contributed by atoms with Crippen LogP contribution < -0.4 is 10.1 Å². The van der Waals surface area contributed by atoms with E-state index in [0.29, 0.717) is 40.8 Å². The van der Waals surface area contributed by atoms with Gasteiger partial charge in [0, 0.05) is 28.5 Å². The van der Waals surface area contributed by atoms with Gasteiger partial charge in [0.15, 0.2) is 11.5 Å². The minimum absolute atomic E-state index is 0.0855. The van der Waals surface area contributed by atoms with Crippen molar-refractivity contribution in [3.8, 4) is 11.6 Å². The number of rotatable bonds is 5. The lowest BCUT2D eigenvalue weighted by Gasteiger charge is -2.24. The fraction of sp³-hybridized carbons (Fsp3) is 0.160. The number of halogens is 1. The molecule has 3 aromatic heterocycles. The van der Waals surface area contributed by atoms with Crippen molar-refractivity contribution in [1.82, 2.24) is 29.7 Å². The van der Waals surface area contributed by atoms with Gasteiger partial charge < -0.3 is 15.0 Å². The SMILES string of the molecule is Cc1nn(-c2ncnc3nc[nH]c23)c2c1[C@H](c1ccc(OCc3ccccc3Cl)cc1)CC(=O)N2. The summed E-state index contributed by atoms with van der Waals surface area (Å²) < 4.78 is 7.57. The molecule has 4 heterocycles. The third-order valence-corrected chi connectivity index (χ3v) is 6.51. The molecular formula is C25H20ClN7O2. The Morgan fingerprint density at radius 2 is 1.94 bits per heavy atom. The van der Waals surface area contributed by atoms with Gasteiger partial charge in [-0.2, -0.15) is 9.78 Å². The van der Waals surface area contributed by atoms with Crippen LogP contribution in [0.25, 0.3) is 17.0 Å². The van der Waals surface area contributed by atoms with Crippen LogP contribution in [0.1, 0.15) is 34.7 Å². The molecule has 0 bridgehead atoms. The number of aryl methyl sites for hydroxylation is 1. The highest BCUT2D eigenvalue weighted by molar-refractivity contribution is 6.31. The standard InChI is InChI=1S/C25H20ClN7O2/c1-14-21-18(15-6-8-17(9-7-15)35-11-16-4-2-3-5-19(16)26)10-20(34)31-24(21)33(32-14)25-22-23(28-12-27-22)29-13-30-25/h2-9,12-13,18H,10-11H2,1H3,(H,31,34)(H,27,28,29,30)/t18-/m0/s1. The van der Waals surface area contributed by atoms with Gasteiger partial charge in [-0.1, -0.05) is 41.9 Å². The van der Waals surface area contributed by atoms with Crippen molar-refractivity contribution in [2.24, 2.45) is 0 Å². The van der Waals surface area contributed by atoms with Crippen molar-refractivity contribution in [2.75, 3.05) is 5.32 Å². The third kappa shape index (κ3) is 3.79. The topological polar surface area (TPSA) is 111 Å². The molecule has 0 spiro atoms. The highest BCUT2D eigenvalue weighted by atomic mass is 35.5. The maximum atomic E-state index is 12.7. The molecule has 6 rings (SSSR count). The molecular weight excluding hydrogens is 466 g/mol. The summed E-state index contributed by atoms with van der Waals surface area (Å²) in [7, 11) is 0. The average molecular weight is 486 g/mol. The monoisotopic (exact) mass is 485 g/mol. The van der Waals surface area contributed by atoms with E-state index in [9.17, 15) is 4.79 Å². The van der Waals surface area contributed by atoms with Crippen LogP contribution in [0.3, 0.4) is 0 Å². The molecule has 9 nitrogen and oxygen atoms in total. The lowest BCUT2D eigenvalue weighted by Crippen LogP contribution is -2.25. The Bertz CT molecular complexity index is 1560. The number of anilines is 1. The molecule has 0 unspecified atom stereocenters. The first-order valence-electron chi connectivity index (χ1n) is 11.1. The van der Waals surface area contributed by atoms with E-state index in [0.717, 1.165) is 28.1 Å². The molecule has 0 radical (unpaired) electrons. The summed E-state index contributed by atoms with van der Waals surface area (Å²) in [5.74, 6) is 1.63. The summed E-state index contributed by atoms with van der Waals surface area (Å²) >= 11 is 6.23. The van der Waals surface area contributed by atoms with Crippen LogP contribution in [0.5, 0.6) is 5.75 Å². The first-order chi connectivity index (χ1) is 17.1.